The normalized spacial score (nSPS) is 14.6. The summed E-state index contributed by atoms with van der Waals surface area (Å²) < 4.78 is 0. The molecule has 1 fully saturated rings. The molecule has 1 atom stereocenters. The number of amides is 4. The number of benzene rings is 1. The van der Waals surface area contributed by atoms with E-state index in [1.807, 2.05) is 13.8 Å². The van der Waals surface area contributed by atoms with Crippen molar-refractivity contribution in [2.75, 3.05) is 29.9 Å². The molecular formula is C16H24ClN5O3. The minimum atomic E-state index is -0.644. The van der Waals surface area contributed by atoms with Crippen LogP contribution in [0.5, 0.6) is 0 Å². The first kappa shape index (κ1) is 20.7. The second-order valence-corrected chi connectivity index (χ2v) is 5.97. The maximum absolute atomic E-state index is 11.9. The number of carbonyl (C=O) groups is 3. The Balaban J connectivity index is 0.00000312. The number of nitrogens with two attached hydrogens (primary N) is 1. The van der Waals surface area contributed by atoms with Crippen LogP contribution in [0.1, 0.15) is 13.8 Å². The van der Waals surface area contributed by atoms with Gasteiger partial charge in [0.15, 0.2) is 0 Å². The molecule has 0 unspecified atom stereocenters. The summed E-state index contributed by atoms with van der Waals surface area (Å²) >= 11 is 0. The van der Waals surface area contributed by atoms with Gasteiger partial charge in [-0.3, -0.25) is 14.5 Å². The van der Waals surface area contributed by atoms with Crippen molar-refractivity contribution in [3.63, 3.8) is 0 Å². The number of anilines is 2. The predicted octanol–water partition coefficient (Wildman–Crippen LogP) is 0.676. The van der Waals surface area contributed by atoms with Crippen molar-refractivity contribution < 1.29 is 14.4 Å². The molecule has 1 aliphatic rings. The van der Waals surface area contributed by atoms with Gasteiger partial charge >= 0.3 is 6.03 Å². The second-order valence-electron chi connectivity index (χ2n) is 5.97. The monoisotopic (exact) mass is 369 g/mol. The van der Waals surface area contributed by atoms with Crippen LogP contribution in [0.25, 0.3) is 0 Å². The Hall–Kier alpha value is -2.32. The Morgan fingerprint density at radius 3 is 2.68 bits per heavy atom. The summed E-state index contributed by atoms with van der Waals surface area (Å²) in [7, 11) is 0. The summed E-state index contributed by atoms with van der Waals surface area (Å²) in [6, 6.07) is 6.18. The van der Waals surface area contributed by atoms with Crippen LogP contribution in [-0.4, -0.2) is 43.5 Å². The number of nitrogens with zero attached hydrogens (tertiary/aromatic N) is 1. The maximum Gasteiger partial charge on any atom is 0.321 e. The Bertz CT molecular complexity index is 638. The summed E-state index contributed by atoms with van der Waals surface area (Å²) in [5.74, 6) is -0.721. The van der Waals surface area contributed by atoms with Gasteiger partial charge in [-0.05, 0) is 24.1 Å². The van der Waals surface area contributed by atoms with Crippen molar-refractivity contribution in [2.24, 2.45) is 11.7 Å². The molecule has 8 nitrogen and oxygen atoms in total. The topological polar surface area (TPSA) is 117 Å². The number of nitrogens with one attached hydrogen (secondary N) is 3. The molecule has 1 aromatic carbocycles. The fraction of sp³-hybridized carbons (Fsp3) is 0.438. The third-order valence-corrected chi connectivity index (χ3v) is 3.74. The highest BCUT2D eigenvalue weighted by molar-refractivity contribution is 5.97. The van der Waals surface area contributed by atoms with E-state index in [0.717, 1.165) is 0 Å². The highest BCUT2D eigenvalue weighted by Gasteiger charge is 2.21. The quantitative estimate of drug-likeness (QED) is 0.589. The third-order valence-electron chi connectivity index (χ3n) is 3.74. The SMILES string of the molecule is CC(C)[C@H](N)C(=O)NCC(=O)Nc1cccc(N2CCNC2=O)c1.Cl. The highest BCUT2D eigenvalue weighted by atomic mass is 35.5. The Labute approximate surface area is 152 Å². The largest absolute Gasteiger partial charge is 0.346 e. The van der Waals surface area contributed by atoms with E-state index in [9.17, 15) is 14.4 Å². The summed E-state index contributed by atoms with van der Waals surface area (Å²) in [5, 5.41) is 7.92. The van der Waals surface area contributed by atoms with E-state index in [2.05, 4.69) is 16.0 Å². The van der Waals surface area contributed by atoms with E-state index in [1.54, 1.807) is 29.2 Å². The van der Waals surface area contributed by atoms with Crippen LogP contribution in [-0.2, 0) is 9.59 Å². The molecule has 5 N–H and O–H groups in total. The summed E-state index contributed by atoms with van der Waals surface area (Å²) in [6.45, 7) is 4.69. The lowest BCUT2D eigenvalue weighted by Gasteiger charge is -2.16. The van der Waals surface area contributed by atoms with Gasteiger partial charge in [0, 0.05) is 24.5 Å². The Kier molecular flexibility index (Phi) is 7.66. The number of halogens is 1. The average molecular weight is 370 g/mol. The fourth-order valence-corrected chi connectivity index (χ4v) is 2.26. The van der Waals surface area contributed by atoms with Gasteiger partial charge in [-0.2, -0.15) is 0 Å². The number of hydrogen-bond acceptors (Lipinski definition) is 4. The van der Waals surface area contributed by atoms with Gasteiger partial charge < -0.3 is 21.7 Å². The molecule has 0 bridgehead atoms. The summed E-state index contributed by atoms with van der Waals surface area (Å²) in [5.41, 5.74) is 6.97. The van der Waals surface area contributed by atoms with E-state index in [-0.39, 0.29) is 42.7 Å². The van der Waals surface area contributed by atoms with Crippen LogP contribution in [0.2, 0.25) is 0 Å². The zero-order valence-corrected chi connectivity index (χ0v) is 15.1. The van der Waals surface area contributed by atoms with Gasteiger partial charge in [0.05, 0.1) is 12.6 Å². The molecule has 2 rings (SSSR count). The van der Waals surface area contributed by atoms with Crippen molar-refractivity contribution in [1.29, 1.82) is 0 Å². The lowest BCUT2D eigenvalue weighted by atomic mass is 10.1. The molecule has 0 spiro atoms. The van der Waals surface area contributed by atoms with Gasteiger partial charge in [-0.25, -0.2) is 4.79 Å². The van der Waals surface area contributed by atoms with Crippen LogP contribution < -0.4 is 26.6 Å². The van der Waals surface area contributed by atoms with Gasteiger partial charge in [0.2, 0.25) is 11.8 Å². The molecule has 1 heterocycles. The molecule has 1 saturated heterocycles. The third kappa shape index (κ3) is 5.61. The van der Waals surface area contributed by atoms with Crippen LogP contribution in [0.4, 0.5) is 16.2 Å². The molecule has 0 aromatic heterocycles. The van der Waals surface area contributed by atoms with Gasteiger partial charge in [0.1, 0.15) is 0 Å². The first-order valence-corrected chi connectivity index (χ1v) is 7.87. The summed E-state index contributed by atoms with van der Waals surface area (Å²) in [4.78, 5) is 37.0. The first-order valence-electron chi connectivity index (χ1n) is 7.87. The van der Waals surface area contributed by atoms with Crippen molar-refractivity contribution in [3.8, 4) is 0 Å². The Morgan fingerprint density at radius 1 is 1.36 bits per heavy atom. The molecule has 0 radical (unpaired) electrons. The van der Waals surface area contributed by atoms with E-state index in [1.165, 1.54) is 0 Å². The lowest BCUT2D eigenvalue weighted by Crippen LogP contribution is -2.46. The maximum atomic E-state index is 11.9. The highest BCUT2D eigenvalue weighted by Crippen LogP contribution is 2.20. The van der Waals surface area contributed by atoms with Crippen molar-refractivity contribution in [3.05, 3.63) is 24.3 Å². The second kappa shape index (κ2) is 9.24. The molecule has 1 aromatic rings. The van der Waals surface area contributed by atoms with Gasteiger partial charge in [0.25, 0.3) is 0 Å². The van der Waals surface area contributed by atoms with Crippen LogP contribution >= 0.6 is 12.4 Å². The van der Waals surface area contributed by atoms with Crippen LogP contribution in [0.3, 0.4) is 0 Å². The molecule has 25 heavy (non-hydrogen) atoms. The Morgan fingerprint density at radius 2 is 2.08 bits per heavy atom. The zero-order valence-electron chi connectivity index (χ0n) is 14.2. The average Bonchev–Trinajstić information content (AvgIpc) is 2.98. The van der Waals surface area contributed by atoms with Gasteiger partial charge in [-0.1, -0.05) is 19.9 Å². The molecule has 138 valence electrons. The van der Waals surface area contributed by atoms with Crippen LogP contribution in [0.15, 0.2) is 24.3 Å². The standard InChI is InChI=1S/C16H23N5O3.ClH/c1-10(2)14(17)15(23)19-9-13(22)20-11-4-3-5-12(8-11)21-7-6-18-16(21)24;/h3-5,8,10,14H,6-7,9,17H2,1-2H3,(H,18,24)(H,19,23)(H,20,22);1H/t14-;/m0./s1. The number of hydrogen-bond donors (Lipinski definition) is 4. The smallest absolute Gasteiger partial charge is 0.321 e. The molecule has 9 heteroatoms. The first-order chi connectivity index (χ1) is 11.4. The van der Waals surface area contributed by atoms with Crippen molar-refractivity contribution in [2.45, 2.75) is 19.9 Å². The van der Waals surface area contributed by atoms with E-state index in [4.69, 9.17) is 5.73 Å². The molecule has 1 aliphatic heterocycles. The predicted molar refractivity (Wildman–Crippen MR) is 98.9 cm³/mol. The minimum Gasteiger partial charge on any atom is -0.346 e. The number of urea groups is 1. The van der Waals surface area contributed by atoms with Crippen LogP contribution in [0, 0.1) is 5.92 Å². The number of rotatable bonds is 6. The fourth-order valence-electron chi connectivity index (χ4n) is 2.26. The van der Waals surface area contributed by atoms with Gasteiger partial charge in [-0.15, -0.1) is 12.4 Å². The van der Waals surface area contributed by atoms with E-state index in [0.29, 0.717) is 24.5 Å². The molecule has 0 saturated carbocycles. The lowest BCUT2D eigenvalue weighted by molar-refractivity contribution is -0.125. The minimum absolute atomic E-state index is 0. The van der Waals surface area contributed by atoms with E-state index < -0.39 is 6.04 Å². The number of carbonyl (C=O) groups excluding carboxylic acids is 3. The summed E-state index contributed by atoms with van der Waals surface area (Å²) in [6.07, 6.45) is 0. The molecule has 0 aliphatic carbocycles. The van der Waals surface area contributed by atoms with E-state index >= 15 is 0 Å². The molecule has 4 amide bonds. The van der Waals surface area contributed by atoms with Crippen molar-refractivity contribution >= 4 is 41.6 Å². The molecular weight excluding hydrogens is 346 g/mol. The zero-order chi connectivity index (χ0) is 17.7. The van der Waals surface area contributed by atoms with Crippen molar-refractivity contribution in [1.82, 2.24) is 10.6 Å².